The van der Waals surface area contributed by atoms with Crippen molar-refractivity contribution in [3.63, 3.8) is 0 Å². The van der Waals surface area contributed by atoms with Crippen LogP contribution in [0.4, 0.5) is 0 Å². The molecule has 1 fully saturated rings. The summed E-state index contributed by atoms with van der Waals surface area (Å²) in [6.07, 6.45) is -0.273. The van der Waals surface area contributed by atoms with Crippen molar-refractivity contribution < 1.29 is 14.2 Å². The van der Waals surface area contributed by atoms with Gasteiger partial charge in [0.25, 0.3) is 0 Å². The van der Waals surface area contributed by atoms with Gasteiger partial charge in [0.05, 0.1) is 13.2 Å². The Kier molecular flexibility index (Phi) is 5.77. The fourth-order valence-electron chi connectivity index (χ4n) is 3.23. The van der Waals surface area contributed by atoms with Crippen molar-refractivity contribution in [1.82, 2.24) is 0 Å². The molecule has 2 aromatic rings. The van der Waals surface area contributed by atoms with E-state index in [1.54, 1.807) is 0 Å². The molecule has 1 aliphatic rings. The van der Waals surface area contributed by atoms with E-state index in [9.17, 15) is 0 Å². The van der Waals surface area contributed by atoms with Crippen LogP contribution in [0.2, 0.25) is 0 Å². The average molecular weight is 340 g/mol. The molecule has 2 aromatic carbocycles. The first-order valence-electron chi connectivity index (χ1n) is 9.14. The van der Waals surface area contributed by atoms with Crippen molar-refractivity contribution in [3.8, 4) is 5.75 Å². The zero-order valence-electron chi connectivity index (χ0n) is 15.6. The Morgan fingerprint density at radius 2 is 1.48 bits per heavy atom. The first kappa shape index (κ1) is 18.0. The second kappa shape index (κ2) is 8.03. The molecule has 0 atom stereocenters. The molecule has 3 heteroatoms. The predicted molar refractivity (Wildman–Crippen MR) is 100 cm³/mol. The Hall–Kier alpha value is -1.84. The summed E-state index contributed by atoms with van der Waals surface area (Å²) in [4.78, 5) is 0. The van der Waals surface area contributed by atoms with Crippen molar-refractivity contribution in [3.05, 3.63) is 64.7 Å². The summed E-state index contributed by atoms with van der Waals surface area (Å²) < 4.78 is 17.7. The second-order valence-electron chi connectivity index (χ2n) is 7.14. The maximum Gasteiger partial charge on any atom is 0.184 e. The van der Waals surface area contributed by atoms with E-state index in [2.05, 4.69) is 58.0 Å². The van der Waals surface area contributed by atoms with Crippen LogP contribution in [-0.4, -0.2) is 13.2 Å². The minimum atomic E-state index is -0.273. The molecule has 134 valence electrons. The SMILES string of the molecule is CC(C)c1cccc(C(C)C)c1OCc1ccccc1C1OCCO1. The van der Waals surface area contributed by atoms with Crippen molar-refractivity contribution in [2.24, 2.45) is 0 Å². The third-order valence-corrected chi connectivity index (χ3v) is 4.62. The van der Waals surface area contributed by atoms with Crippen LogP contribution in [0.5, 0.6) is 5.75 Å². The molecule has 0 bridgehead atoms. The molecule has 3 rings (SSSR count). The van der Waals surface area contributed by atoms with E-state index in [0.717, 1.165) is 16.9 Å². The van der Waals surface area contributed by atoms with E-state index in [1.807, 2.05) is 12.1 Å². The van der Waals surface area contributed by atoms with Gasteiger partial charge in [-0.3, -0.25) is 0 Å². The predicted octanol–water partition coefficient (Wildman–Crippen LogP) is 5.56. The highest BCUT2D eigenvalue weighted by molar-refractivity contribution is 5.45. The molecule has 0 aromatic heterocycles. The number of benzene rings is 2. The normalized spacial score (nSPS) is 15.3. The van der Waals surface area contributed by atoms with Gasteiger partial charge in [-0.25, -0.2) is 0 Å². The topological polar surface area (TPSA) is 27.7 Å². The van der Waals surface area contributed by atoms with Gasteiger partial charge in [-0.05, 0) is 28.5 Å². The van der Waals surface area contributed by atoms with E-state index in [4.69, 9.17) is 14.2 Å². The molecule has 3 nitrogen and oxygen atoms in total. The fourth-order valence-corrected chi connectivity index (χ4v) is 3.23. The number of hydrogen-bond donors (Lipinski definition) is 0. The lowest BCUT2D eigenvalue weighted by atomic mass is 9.94. The fraction of sp³-hybridized carbons (Fsp3) is 0.455. The summed E-state index contributed by atoms with van der Waals surface area (Å²) in [5, 5.41) is 0. The van der Waals surface area contributed by atoms with E-state index >= 15 is 0 Å². The van der Waals surface area contributed by atoms with Gasteiger partial charge in [-0.1, -0.05) is 70.2 Å². The van der Waals surface area contributed by atoms with Gasteiger partial charge >= 0.3 is 0 Å². The molecule has 25 heavy (non-hydrogen) atoms. The first-order valence-corrected chi connectivity index (χ1v) is 9.14. The van der Waals surface area contributed by atoms with Gasteiger partial charge in [-0.2, -0.15) is 0 Å². The molecule has 0 radical (unpaired) electrons. The van der Waals surface area contributed by atoms with Crippen LogP contribution < -0.4 is 4.74 Å². The van der Waals surface area contributed by atoms with Crippen molar-refractivity contribution in [2.75, 3.05) is 13.2 Å². The van der Waals surface area contributed by atoms with E-state index in [-0.39, 0.29) is 6.29 Å². The molecule has 0 spiro atoms. The molecule has 0 unspecified atom stereocenters. The Labute approximate surface area is 150 Å². The summed E-state index contributed by atoms with van der Waals surface area (Å²) in [5.41, 5.74) is 4.70. The zero-order valence-corrected chi connectivity index (χ0v) is 15.6. The molecule has 1 heterocycles. The number of rotatable bonds is 6. The molecule has 1 saturated heterocycles. The summed E-state index contributed by atoms with van der Waals surface area (Å²) >= 11 is 0. The summed E-state index contributed by atoms with van der Waals surface area (Å²) in [6.45, 7) is 10.6. The van der Waals surface area contributed by atoms with Crippen LogP contribution in [0.3, 0.4) is 0 Å². The maximum absolute atomic E-state index is 6.37. The quantitative estimate of drug-likeness (QED) is 0.689. The Morgan fingerprint density at radius 1 is 0.880 bits per heavy atom. The minimum Gasteiger partial charge on any atom is -0.488 e. The molecule has 0 N–H and O–H groups in total. The number of hydrogen-bond acceptors (Lipinski definition) is 3. The second-order valence-corrected chi connectivity index (χ2v) is 7.14. The third kappa shape index (κ3) is 4.05. The van der Waals surface area contributed by atoms with Crippen molar-refractivity contribution in [1.29, 1.82) is 0 Å². The van der Waals surface area contributed by atoms with Crippen molar-refractivity contribution in [2.45, 2.75) is 52.4 Å². The lowest BCUT2D eigenvalue weighted by Gasteiger charge is -2.21. The third-order valence-electron chi connectivity index (χ3n) is 4.62. The van der Waals surface area contributed by atoms with Gasteiger partial charge < -0.3 is 14.2 Å². The van der Waals surface area contributed by atoms with Gasteiger partial charge in [0, 0.05) is 5.56 Å². The lowest BCUT2D eigenvalue weighted by Crippen LogP contribution is -2.08. The first-order chi connectivity index (χ1) is 12.1. The highest BCUT2D eigenvalue weighted by Crippen LogP contribution is 2.35. The van der Waals surface area contributed by atoms with Gasteiger partial charge in [0.1, 0.15) is 12.4 Å². The molecule has 0 aliphatic carbocycles. The largest absolute Gasteiger partial charge is 0.488 e. The van der Waals surface area contributed by atoms with Gasteiger partial charge in [-0.15, -0.1) is 0 Å². The average Bonchev–Trinajstić information content (AvgIpc) is 3.14. The number of para-hydroxylation sites is 1. The Balaban J connectivity index is 1.87. The van der Waals surface area contributed by atoms with Crippen LogP contribution in [-0.2, 0) is 16.1 Å². The molecule has 0 amide bonds. The van der Waals surface area contributed by atoms with Crippen LogP contribution >= 0.6 is 0 Å². The van der Waals surface area contributed by atoms with E-state index in [0.29, 0.717) is 31.7 Å². The smallest absolute Gasteiger partial charge is 0.184 e. The summed E-state index contributed by atoms with van der Waals surface area (Å²) in [7, 11) is 0. The number of ether oxygens (including phenoxy) is 3. The highest BCUT2D eigenvalue weighted by Gasteiger charge is 2.22. The van der Waals surface area contributed by atoms with E-state index < -0.39 is 0 Å². The van der Waals surface area contributed by atoms with Crippen molar-refractivity contribution >= 4 is 0 Å². The zero-order chi connectivity index (χ0) is 17.8. The standard InChI is InChI=1S/C22H28O3/c1-15(2)18-10-7-11-19(16(3)4)21(18)25-14-17-8-5-6-9-20(17)22-23-12-13-24-22/h5-11,15-16,22H,12-14H2,1-4H3. The van der Waals surface area contributed by atoms with E-state index in [1.165, 1.54) is 11.1 Å². The molecule has 1 aliphatic heterocycles. The van der Waals surface area contributed by atoms with Crippen LogP contribution in [0.1, 0.15) is 68.1 Å². The monoisotopic (exact) mass is 340 g/mol. The van der Waals surface area contributed by atoms with Gasteiger partial charge in [0.2, 0.25) is 0 Å². The van der Waals surface area contributed by atoms with Gasteiger partial charge in [0.15, 0.2) is 6.29 Å². The maximum atomic E-state index is 6.37. The van der Waals surface area contributed by atoms with Crippen LogP contribution in [0, 0.1) is 0 Å². The lowest BCUT2D eigenvalue weighted by molar-refractivity contribution is -0.0451. The molecular weight excluding hydrogens is 312 g/mol. The summed E-state index contributed by atoms with van der Waals surface area (Å²) in [5.74, 6) is 1.87. The van der Waals surface area contributed by atoms with Crippen LogP contribution in [0.25, 0.3) is 0 Å². The molecule has 0 saturated carbocycles. The highest BCUT2D eigenvalue weighted by atomic mass is 16.7. The Morgan fingerprint density at radius 3 is 2.08 bits per heavy atom. The summed E-state index contributed by atoms with van der Waals surface area (Å²) in [6, 6.07) is 14.7. The minimum absolute atomic E-state index is 0.273. The van der Waals surface area contributed by atoms with Crippen LogP contribution in [0.15, 0.2) is 42.5 Å². The Bertz CT molecular complexity index is 674. The molecular formula is C22H28O3.